The minimum absolute atomic E-state index is 0.0915. The Bertz CT molecular complexity index is 1390. The first kappa shape index (κ1) is 25.9. The van der Waals surface area contributed by atoms with Crippen LogP contribution in [-0.4, -0.2) is 0 Å². The minimum Gasteiger partial charge on any atom is -0.205 e. The number of aryl methyl sites for hydroxylation is 3. The molecule has 0 fully saturated rings. The summed E-state index contributed by atoms with van der Waals surface area (Å²) in [6.45, 7) is 2.23. The van der Waals surface area contributed by atoms with Crippen LogP contribution in [0.2, 0.25) is 5.02 Å². The van der Waals surface area contributed by atoms with E-state index >= 15 is 4.39 Å². The summed E-state index contributed by atoms with van der Waals surface area (Å²) in [4.78, 5) is 0. The molecule has 0 bridgehead atoms. The van der Waals surface area contributed by atoms with Crippen molar-refractivity contribution in [2.75, 3.05) is 0 Å². The monoisotopic (exact) mass is 504 g/mol. The molecule has 0 radical (unpaired) electrons. The van der Waals surface area contributed by atoms with Crippen LogP contribution in [0.25, 0.3) is 10.8 Å². The Labute approximate surface area is 216 Å². The summed E-state index contributed by atoms with van der Waals surface area (Å²) in [5.74, 6) is 3.05. The van der Waals surface area contributed by atoms with Crippen molar-refractivity contribution in [3.8, 4) is 11.8 Å². The van der Waals surface area contributed by atoms with Gasteiger partial charge in [-0.05, 0) is 66.0 Å². The lowest BCUT2D eigenvalue weighted by atomic mass is 9.98. The molecule has 0 N–H and O–H groups in total. The summed E-state index contributed by atoms with van der Waals surface area (Å²) < 4.78 is 42.3. The summed E-state index contributed by atoms with van der Waals surface area (Å²) in [5, 5.41) is 0.677. The van der Waals surface area contributed by atoms with E-state index in [9.17, 15) is 8.78 Å². The lowest BCUT2D eigenvalue weighted by Crippen LogP contribution is -1.94. The van der Waals surface area contributed by atoms with Gasteiger partial charge in [0.05, 0.1) is 5.56 Å². The molecule has 0 saturated carbocycles. The summed E-state index contributed by atoms with van der Waals surface area (Å²) in [5.41, 5.74) is 4.08. The fourth-order valence-corrected chi connectivity index (χ4v) is 4.39. The zero-order chi connectivity index (χ0) is 25.5. The summed E-state index contributed by atoms with van der Waals surface area (Å²) in [6.07, 6.45) is 8.00. The van der Waals surface area contributed by atoms with E-state index in [1.165, 1.54) is 36.8 Å². The van der Waals surface area contributed by atoms with Crippen LogP contribution in [-0.2, 0) is 19.3 Å². The molecule has 0 aliphatic heterocycles. The number of unbranched alkanes of at least 4 members (excludes halogenated alkanes) is 3. The van der Waals surface area contributed by atoms with Crippen molar-refractivity contribution < 1.29 is 13.2 Å². The van der Waals surface area contributed by atoms with Gasteiger partial charge in [-0.2, -0.15) is 0 Å². The quantitative estimate of drug-likeness (QED) is 0.127. The topological polar surface area (TPSA) is 0 Å². The highest BCUT2D eigenvalue weighted by Gasteiger charge is 2.09. The average Bonchev–Trinajstić information content (AvgIpc) is 2.88. The molecule has 4 rings (SSSR count). The van der Waals surface area contributed by atoms with E-state index in [4.69, 9.17) is 11.6 Å². The van der Waals surface area contributed by atoms with Crippen LogP contribution in [0.15, 0.2) is 66.7 Å². The molecular formula is C32H28ClF3. The third kappa shape index (κ3) is 6.50. The highest BCUT2D eigenvalue weighted by atomic mass is 35.5. The molecule has 0 spiro atoms. The zero-order valence-electron chi connectivity index (χ0n) is 20.3. The molecule has 36 heavy (non-hydrogen) atoms. The third-order valence-corrected chi connectivity index (χ3v) is 6.75. The molecule has 0 unspecified atom stereocenters. The highest BCUT2D eigenvalue weighted by Crippen LogP contribution is 2.24. The molecule has 0 heterocycles. The lowest BCUT2D eigenvalue weighted by molar-refractivity contribution is 0.583. The van der Waals surface area contributed by atoms with Crippen molar-refractivity contribution in [3.05, 3.63) is 117 Å². The largest absolute Gasteiger partial charge is 0.205 e. The third-order valence-electron chi connectivity index (χ3n) is 6.39. The maximum absolute atomic E-state index is 15.1. The van der Waals surface area contributed by atoms with E-state index < -0.39 is 22.5 Å². The van der Waals surface area contributed by atoms with Gasteiger partial charge in [0.25, 0.3) is 0 Å². The molecule has 0 aliphatic carbocycles. The molecule has 4 heteroatoms. The number of fused-ring (bicyclic) bond motifs is 1. The van der Waals surface area contributed by atoms with Crippen molar-refractivity contribution in [2.45, 2.75) is 51.9 Å². The van der Waals surface area contributed by atoms with E-state index in [1.54, 1.807) is 12.1 Å². The van der Waals surface area contributed by atoms with Gasteiger partial charge in [0.2, 0.25) is 0 Å². The van der Waals surface area contributed by atoms with E-state index in [-0.39, 0.29) is 11.1 Å². The van der Waals surface area contributed by atoms with Crippen LogP contribution in [0.3, 0.4) is 0 Å². The van der Waals surface area contributed by atoms with Gasteiger partial charge < -0.3 is 0 Å². The fourth-order valence-electron chi connectivity index (χ4n) is 4.28. The first-order valence-corrected chi connectivity index (χ1v) is 12.8. The van der Waals surface area contributed by atoms with Crippen molar-refractivity contribution >= 4 is 22.4 Å². The van der Waals surface area contributed by atoms with Gasteiger partial charge in [-0.3, -0.25) is 0 Å². The predicted octanol–water partition coefficient (Wildman–Crippen LogP) is 9.22. The van der Waals surface area contributed by atoms with Crippen LogP contribution < -0.4 is 0 Å². The summed E-state index contributed by atoms with van der Waals surface area (Å²) in [7, 11) is 0. The van der Waals surface area contributed by atoms with Crippen LogP contribution >= 0.6 is 11.6 Å². The molecule has 0 nitrogen and oxygen atoms in total. The molecule has 0 aliphatic rings. The maximum Gasteiger partial charge on any atom is 0.146 e. The van der Waals surface area contributed by atoms with Crippen LogP contribution in [0.4, 0.5) is 13.2 Å². The Morgan fingerprint density at radius 2 is 1.31 bits per heavy atom. The normalized spacial score (nSPS) is 10.9. The Kier molecular flexibility index (Phi) is 8.73. The SMILES string of the molecule is CCCCCCc1ccc(CCc2ccc3c(F)c(C#Cc4cc(F)c(Cl)c(F)c4)ccc3c2)cc1. The second kappa shape index (κ2) is 12.2. The summed E-state index contributed by atoms with van der Waals surface area (Å²) in [6, 6.07) is 20.1. The molecule has 0 aromatic heterocycles. The van der Waals surface area contributed by atoms with Crippen molar-refractivity contribution in [1.29, 1.82) is 0 Å². The first-order valence-electron chi connectivity index (χ1n) is 12.4. The van der Waals surface area contributed by atoms with Gasteiger partial charge in [-0.25, -0.2) is 13.2 Å². The van der Waals surface area contributed by atoms with Crippen molar-refractivity contribution in [3.63, 3.8) is 0 Å². The van der Waals surface area contributed by atoms with E-state index in [1.807, 2.05) is 18.2 Å². The second-order valence-corrected chi connectivity index (χ2v) is 9.49. The smallest absolute Gasteiger partial charge is 0.146 e. The van der Waals surface area contributed by atoms with Gasteiger partial charge in [0, 0.05) is 10.9 Å². The highest BCUT2D eigenvalue weighted by molar-refractivity contribution is 6.30. The predicted molar refractivity (Wildman–Crippen MR) is 143 cm³/mol. The van der Waals surface area contributed by atoms with E-state index in [2.05, 4.69) is 43.0 Å². The molecular weight excluding hydrogens is 477 g/mol. The standard InChI is InChI=1S/C32H28ClF3/c1-2-3-4-5-6-22-7-9-23(10-8-22)11-12-24-14-18-28-27(19-24)17-16-26(32(28)36)15-13-25-20-29(34)31(33)30(35)21-25/h7-10,14,16-21H,2-6,11-12H2,1H3. The Morgan fingerprint density at radius 3 is 2.00 bits per heavy atom. The molecule has 4 aromatic carbocycles. The van der Waals surface area contributed by atoms with Crippen LogP contribution in [0.5, 0.6) is 0 Å². The molecule has 184 valence electrons. The number of hydrogen-bond donors (Lipinski definition) is 0. The zero-order valence-corrected chi connectivity index (χ0v) is 21.1. The van der Waals surface area contributed by atoms with Gasteiger partial charge in [-0.1, -0.05) is 98.2 Å². The number of halogens is 4. The van der Waals surface area contributed by atoms with Crippen molar-refractivity contribution in [1.82, 2.24) is 0 Å². The van der Waals surface area contributed by atoms with E-state index in [0.717, 1.165) is 42.3 Å². The Morgan fingerprint density at radius 1 is 0.667 bits per heavy atom. The van der Waals surface area contributed by atoms with Gasteiger partial charge in [0.1, 0.15) is 22.5 Å². The molecule has 0 amide bonds. The molecule has 0 atom stereocenters. The fraction of sp³-hybridized carbons (Fsp3) is 0.250. The first-order chi connectivity index (χ1) is 17.4. The number of hydrogen-bond acceptors (Lipinski definition) is 0. The van der Waals surface area contributed by atoms with Crippen LogP contribution in [0.1, 0.15) is 60.4 Å². The lowest BCUT2D eigenvalue weighted by Gasteiger charge is -2.07. The van der Waals surface area contributed by atoms with Gasteiger partial charge in [-0.15, -0.1) is 0 Å². The Balaban J connectivity index is 1.42. The second-order valence-electron chi connectivity index (χ2n) is 9.11. The van der Waals surface area contributed by atoms with Gasteiger partial charge >= 0.3 is 0 Å². The van der Waals surface area contributed by atoms with Gasteiger partial charge in [0.15, 0.2) is 0 Å². The molecule has 0 saturated heterocycles. The number of rotatable bonds is 8. The summed E-state index contributed by atoms with van der Waals surface area (Å²) >= 11 is 5.50. The maximum atomic E-state index is 15.1. The van der Waals surface area contributed by atoms with Crippen LogP contribution in [0, 0.1) is 29.3 Å². The average molecular weight is 505 g/mol. The number of benzene rings is 4. The van der Waals surface area contributed by atoms with Crippen molar-refractivity contribution in [2.24, 2.45) is 0 Å². The Hall–Kier alpha value is -3.22. The minimum atomic E-state index is -0.897. The molecule has 4 aromatic rings. The van der Waals surface area contributed by atoms with E-state index in [0.29, 0.717) is 5.39 Å².